The molecule has 1 aromatic carbocycles. The number of benzene rings is 1. The highest BCUT2D eigenvalue weighted by molar-refractivity contribution is 5.80. The minimum atomic E-state index is -0.411. The number of nitrogens with zero attached hydrogens (tertiary/aromatic N) is 2. The number of nitro groups is 1. The fourth-order valence-corrected chi connectivity index (χ4v) is 1.66. The Morgan fingerprint density at radius 2 is 1.95 bits per heavy atom. The van der Waals surface area contributed by atoms with Crippen molar-refractivity contribution in [2.75, 3.05) is 20.3 Å². The van der Waals surface area contributed by atoms with Gasteiger partial charge in [0.15, 0.2) is 5.96 Å². The molecule has 0 spiro atoms. The quantitative estimate of drug-likeness (QED) is 0.276. The van der Waals surface area contributed by atoms with Gasteiger partial charge in [0, 0.05) is 31.3 Å². The predicted octanol–water partition coefficient (Wildman–Crippen LogP) is 2.07. The standard InChI is InChI=1S/C15H24N4O3/c1-15(2,3)18-14(16-9-10-22-4)17-11-12-5-7-13(8-6-12)19(20)21/h5-8H,9-11H2,1-4H3,(H2,16,17,18). The summed E-state index contributed by atoms with van der Waals surface area (Å²) in [6, 6.07) is 6.40. The summed E-state index contributed by atoms with van der Waals surface area (Å²) in [6.07, 6.45) is 0. The number of methoxy groups -OCH3 is 1. The Balaban J connectivity index is 2.71. The number of hydrogen-bond acceptors (Lipinski definition) is 4. The van der Waals surface area contributed by atoms with Crippen LogP contribution in [0.3, 0.4) is 0 Å². The normalized spacial score (nSPS) is 12.1. The molecular formula is C15H24N4O3. The first-order chi connectivity index (χ1) is 10.3. The fraction of sp³-hybridized carbons (Fsp3) is 0.533. The lowest BCUT2D eigenvalue weighted by atomic mass is 10.1. The van der Waals surface area contributed by atoms with Crippen molar-refractivity contribution < 1.29 is 9.66 Å². The molecule has 0 aromatic heterocycles. The van der Waals surface area contributed by atoms with Crippen LogP contribution in [0.5, 0.6) is 0 Å². The van der Waals surface area contributed by atoms with Crippen LogP contribution in [0.25, 0.3) is 0 Å². The molecule has 0 heterocycles. The van der Waals surface area contributed by atoms with Crippen molar-refractivity contribution >= 4 is 11.6 Å². The van der Waals surface area contributed by atoms with Gasteiger partial charge in [0.05, 0.1) is 18.1 Å². The molecule has 7 heteroatoms. The van der Waals surface area contributed by atoms with Crippen LogP contribution in [0.2, 0.25) is 0 Å². The molecule has 1 rings (SSSR count). The lowest BCUT2D eigenvalue weighted by Crippen LogP contribution is -2.48. The third-order valence-electron chi connectivity index (χ3n) is 2.66. The van der Waals surface area contributed by atoms with Crippen LogP contribution < -0.4 is 10.6 Å². The van der Waals surface area contributed by atoms with Crippen LogP contribution in [0, 0.1) is 10.1 Å². The van der Waals surface area contributed by atoms with Crippen LogP contribution >= 0.6 is 0 Å². The van der Waals surface area contributed by atoms with Gasteiger partial charge in [-0.3, -0.25) is 10.1 Å². The van der Waals surface area contributed by atoms with E-state index in [-0.39, 0.29) is 11.2 Å². The Bertz CT molecular complexity index is 507. The number of nitro benzene ring substituents is 1. The topological polar surface area (TPSA) is 88.8 Å². The number of ether oxygens (including phenoxy) is 1. The van der Waals surface area contributed by atoms with E-state index in [0.29, 0.717) is 25.7 Å². The molecule has 0 aliphatic carbocycles. The minimum absolute atomic E-state index is 0.0824. The molecule has 1 aromatic rings. The molecule has 22 heavy (non-hydrogen) atoms. The SMILES string of the molecule is COCCNC(=NCc1ccc([N+](=O)[O-])cc1)NC(C)(C)C. The number of guanidine groups is 1. The molecule has 0 atom stereocenters. The third kappa shape index (κ3) is 7.03. The van der Waals surface area contributed by atoms with Crippen molar-refractivity contribution in [3.05, 3.63) is 39.9 Å². The number of hydrogen-bond donors (Lipinski definition) is 2. The number of aliphatic imine (C=N–C) groups is 1. The van der Waals surface area contributed by atoms with Gasteiger partial charge in [0.25, 0.3) is 5.69 Å². The van der Waals surface area contributed by atoms with E-state index in [4.69, 9.17) is 4.74 Å². The van der Waals surface area contributed by atoms with E-state index in [9.17, 15) is 10.1 Å². The molecule has 7 nitrogen and oxygen atoms in total. The summed E-state index contributed by atoms with van der Waals surface area (Å²) in [5.74, 6) is 0.683. The molecule has 0 saturated heterocycles. The van der Waals surface area contributed by atoms with Gasteiger partial charge in [-0.25, -0.2) is 4.99 Å². The summed E-state index contributed by atoms with van der Waals surface area (Å²) in [7, 11) is 1.65. The summed E-state index contributed by atoms with van der Waals surface area (Å²) in [5.41, 5.74) is 0.875. The molecule has 0 radical (unpaired) electrons. The van der Waals surface area contributed by atoms with Gasteiger partial charge in [0.1, 0.15) is 0 Å². The average Bonchev–Trinajstić information content (AvgIpc) is 2.44. The van der Waals surface area contributed by atoms with Gasteiger partial charge in [-0.2, -0.15) is 0 Å². The largest absolute Gasteiger partial charge is 0.383 e. The van der Waals surface area contributed by atoms with Crippen LogP contribution in [-0.4, -0.2) is 36.7 Å². The zero-order chi connectivity index (χ0) is 16.6. The molecule has 0 amide bonds. The summed E-state index contributed by atoms with van der Waals surface area (Å²) < 4.78 is 5.01. The van der Waals surface area contributed by atoms with Crippen molar-refractivity contribution in [2.24, 2.45) is 4.99 Å². The maximum atomic E-state index is 10.6. The molecule has 0 bridgehead atoms. The summed E-state index contributed by atoms with van der Waals surface area (Å²) in [4.78, 5) is 14.7. The van der Waals surface area contributed by atoms with Crippen LogP contribution in [-0.2, 0) is 11.3 Å². The summed E-state index contributed by atoms with van der Waals surface area (Å²) >= 11 is 0. The highest BCUT2D eigenvalue weighted by atomic mass is 16.6. The van der Waals surface area contributed by atoms with Crippen LogP contribution in [0.1, 0.15) is 26.3 Å². The summed E-state index contributed by atoms with van der Waals surface area (Å²) in [6.45, 7) is 7.82. The second-order valence-corrected chi connectivity index (χ2v) is 5.88. The van der Waals surface area contributed by atoms with Gasteiger partial charge in [-0.05, 0) is 26.3 Å². The Labute approximate surface area is 130 Å². The number of nitrogens with one attached hydrogen (secondary N) is 2. The smallest absolute Gasteiger partial charge is 0.269 e. The highest BCUT2D eigenvalue weighted by Gasteiger charge is 2.12. The second kappa shape index (κ2) is 8.33. The predicted molar refractivity (Wildman–Crippen MR) is 87.0 cm³/mol. The van der Waals surface area contributed by atoms with Crippen molar-refractivity contribution in [1.29, 1.82) is 0 Å². The lowest BCUT2D eigenvalue weighted by molar-refractivity contribution is -0.384. The Morgan fingerprint density at radius 3 is 2.45 bits per heavy atom. The van der Waals surface area contributed by atoms with Gasteiger partial charge in [-0.15, -0.1) is 0 Å². The van der Waals surface area contributed by atoms with E-state index in [2.05, 4.69) is 15.6 Å². The molecule has 0 aliphatic rings. The first-order valence-electron chi connectivity index (χ1n) is 7.10. The van der Waals surface area contributed by atoms with E-state index in [1.54, 1.807) is 19.2 Å². The number of non-ortho nitro benzene ring substituents is 1. The molecular weight excluding hydrogens is 284 g/mol. The second-order valence-electron chi connectivity index (χ2n) is 5.88. The molecule has 0 unspecified atom stereocenters. The Hall–Kier alpha value is -2.15. The maximum Gasteiger partial charge on any atom is 0.269 e. The lowest BCUT2D eigenvalue weighted by Gasteiger charge is -2.24. The summed E-state index contributed by atoms with van der Waals surface area (Å²) in [5, 5.41) is 17.1. The molecule has 2 N–H and O–H groups in total. The first kappa shape index (κ1) is 17.9. The van der Waals surface area contributed by atoms with E-state index in [1.165, 1.54) is 12.1 Å². The van der Waals surface area contributed by atoms with Crippen molar-refractivity contribution in [3.63, 3.8) is 0 Å². The van der Waals surface area contributed by atoms with Gasteiger partial charge in [-0.1, -0.05) is 12.1 Å². The molecule has 0 aliphatic heterocycles. The zero-order valence-electron chi connectivity index (χ0n) is 13.5. The molecule has 0 saturated carbocycles. The van der Waals surface area contributed by atoms with Crippen molar-refractivity contribution in [1.82, 2.24) is 10.6 Å². The van der Waals surface area contributed by atoms with E-state index in [0.717, 1.165) is 5.56 Å². The maximum absolute atomic E-state index is 10.6. The van der Waals surface area contributed by atoms with Gasteiger partial charge >= 0.3 is 0 Å². The third-order valence-corrected chi connectivity index (χ3v) is 2.66. The molecule has 122 valence electrons. The Kier molecular flexibility index (Phi) is 6.78. The van der Waals surface area contributed by atoms with Crippen LogP contribution in [0.15, 0.2) is 29.3 Å². The minimum Gasteiger partial charge on any atom is -0.383 e. The Morgan fingerprint density at radius 1 is 1.32 bits per heavy atom. The monoisotopic (exact) mass is 308 g/mol. The van der Waals surface area contributed by atoms with Crippen LogP contribution in [0.4, 0.5) is 5.69 Å². The van der Waals surface area contributed by atoms with Gasteiger partial charge < -0.3 is 15.4 Å². The first-order valence-corrected chi connectivity index (χ1v) is 7.10. The van der Waals surface area contributed by atoms with E-state index < -0.39 is 4.92 Å². The zero-order valence-corrected chi connectivity index (χ0v) is 13.5. The average molecular weight is 308 g/mol. The van der Waals surface area contributed by atoms with E-state index in [1.807, 2.05) is 20.8 Å². The van der Waals surface area contributed by atoms with E-state index >= 15 is 0 Å². The van der Waals surface area contributed by atoms with Crippen molar-refractivity contribution in [2.45, 2.75) is 32.9 Å². The fourth-order valence-electron chi connectivity index (χ4n) is 1.66. The molecule has 0 fully saturated rings. The highest BCUT2D eigenvalue weighted by Crippen LogP contribution is 2.12. The number of rotatable bonds is 6. The van der Waals surface area contributed by atoms with Crippen molar-refractivity contribution in [3.8, 4) is 0 Å². The van der Waals surface area contributed by atoms with Gasteiger partial charge in [0.2, 0.25) is 0 Å².